The molecule has 2 amide bonds. The zero-order valence-electron chi connectivity index (χ0n) is 18.4. The van der Waals surface area contributed by atoms with Crippen LogP contribution in [0.1, 0.15) is 37.6 Å². The molecule has 0 unspecified atom stereocenters. The van der Waals surface area contributed by atoms with Crippen molar-refractivity contribution >= 4 is 17.8 Å². The Labute approximate surface area is 186 Å². The standard InChI is InChI=1S/C22H28FN5O4/c1-4-28(14(2)3)21(29)17-9-16(23)5-6-18(17)32-19-11-24-13-26-20(19)25-10-15-7-8-27(12-15)22(30)31/h5-6,9,11,13-15H,4,7-8,10,12H2,1-3H3,(H,30,31)(H,24,25,26)/t15-/m1/s1. The Morgan fingerprint density at radius 1 is 1.38 bits per heavy atom. The Balaban J connectivity index is 1.78. The zero-order chi connectivity index (χ0) is 23.3. The fraction of sp³-hybridized carbons (Fsp3) is 0.455. The number of nitrogens with one attached hydrogen (secondary N) is 1. The van der Waals surface area contributed by atoms with Crippen LogP contribution >= 0.6 is 0 Å². The maximum atomic E-state index is 14.0. The van der Waals surface area contributed by atoms with Gasteiger partial charge in [-0.3, -0.25) is 4.79 Å². The van der Waals surface area contributed by atoms with Crippen LogP contribution in [0.4, 0.5) is 15.0 Å². The number of amides is 2. The molecular weight excluding hydrogens is 417 g/mol. The number of nitrogens with zero attached hydrogens (tertiary/aromatic N) is 4. The van der Waals surface area contributed by atoms with Crippen molar-refractivity contribution in [3.8, 4) is 11.5 Å². The molecule has 1 saturated heterocycles. The summed E-state index contributed by atoms with van der Waals surface area (Å²) in [5.41, 5.74) is 0.114. The van der Waals surface area contributed by atoms with Gasteiger partial charge in [0, 0.05) is 32.2 Å². The predicted molar refractivity (Wildman–Crippen MR) is 117 cm³/mol. The average molecular weight is 445 g/mol. The lowest BCUT2D eigenvalue weighted by molar-refractivity contribution is 0.0713. The van der Waals surface area contributed by atoms with Gasteiger partial charge in [0.1, 0.15) is 17.9 Å². The van der Waals surface area contributed by atoms with Crippen LogP contribution in [0.3, 0.4) is 0 Å². The van der Waals surface area contributed by atoms with Crippen LogP contribution in [0.25, 0.3) is 0 Å². The number of ether oxygens (including phenoxy) is 1. The van der Waals surface area contributed by atoms with Crippen LogP contribution in [0.5, 0.6) is 11.5 Å². The van der Waals surface area contributed by atoms with Gasteiger partial charge in [0.25, 0.3) is 5.91 Å². The van der Waals surface area contributed by atoms with Crippen LogP contribution < -0.4 is 10.1 Å². The van der Waals surface area contributed by atoms with E-state index >= 15 is 0 Å². The Morgan fingerprint density at radius 2 is 2.16 bits per heavy atom. The molecule has 1 aliphatic rings. The van der Waals surface area contributed by atoms with E-state index in [1.807, 2.05) is 20.8 Å². The number of aromatic nitrogens is 2. The summed E-state index contributed by atoms with van der Waals surface area (Å²) in [7, 11) is 0. The Hall–Kier alpha value is -3.43. The van der Waals surface area contributed by atoms with E-state index in [2.05, 4.69) is 15.3 Å². The van der Waals surface area contributed by atoms with Gasteiger partial charge in [-0.15, -0.1) is 0 Å². The van der Waals surface area contributed by atoms with Gasteiger partial charge in [-0.25, -0.2) is 19.2 Å². The number of rotatable bonds is 8. The third-order valence-electron chi connectivity index (χ3n) is 5.41. The third-order valence-corrected chi connectivity index (χ3v) is 5.41. The van der Waals surface area contributed by atoms with E-state index in [0.29, 0.717) is 32.0 Å². The van der Waals surface area contributed by atoms with Crippen molar-refractivity contribution in [3.63, 3.8) is 0 Å². The molecule has 0 bridgehead atoms. The minimum atomic E-state index is -0.922. The molecule has 10 heteroatoms. The smallest absolute Gasteiger partial charge is 0.407 e. The monoisotopic (exact) mass is 445 g/mol. The van der Waals surface area contributed by atoms with E-state index in [1.54, 1.807) is 4.90 Å². The van der Waals surface area contributed by atoms with Crippen molar-refractivity contribution in [2.45, 2.75) is 33.2 Å². The van der Waals surface area contributed by atoms with Crippen LogP contribution in [-0.4, -0.2) is 69.1 Å². The van der Waals surface area contributed by atoms with Gasteiger partial charge in [0.15, 0.2) is 11.6 Å². The Morgan fingerprint density at radius 3 is 2.81 bits per heavy atom. The molecule has 9 nitrogen and oxygen atoms in total. The quantitative estimate of drug-likeness (QED) is 0.638. The first kappa shape index (κ1) is 23.2. The molecule has 0 saturated carbocycles. The summed E-state index contributed by atoms with van der Waals surface area (Å²) < 4.78 is 19.9. The summed E-state index contributed by atoms with van der Waals surface area (Å²) in [5.74, 6) is 0.171. The van der Waals surface area contributed by atoms with Gasteiger partial charge in [-0.2, -0.15) is 0 Å². The van der Waals surface area contributed by atoms with Crippen LogP contribution in [0.2, 0.25) is 0 Å². The zero-order valence-corrected chi connectivity index (χ0v) is 18.4. The lowest BCUT2D eigenvalue weighted by atomic mass is 10.1. The van der Waals surface area contributed by atoms with Crippen LogP contribution in [0, 0.1) is 11.7 Å². The molecule has 32 heavy (non-hydrogen) atoms. The fourth-order valence-corrected chi connectivity index (χ4v) is 3.71. The molecule has 0 radical (unpaired) electrons. The van der Waals surface area contributed by atoms with Gasteiger partial charge in [0.05, 0.1) is 11.8 Å². The van der Waals surface area contributed by atoms with E-state index in [1.165, 1.54) is 35.6 Å². The Bertz CT molecular complexity index is 971. The number of hydrogen-bond donors (Lipinski definition) is 2. The van der Waals surface area contributed by atoms with E-state index in [-0.39, 0.29) is 34.9 Å². The average Bonchev–Trinajstić information content (AvgIpc) is 3.24. The molecule has 172 valence electrons. The van der Waals surface area contributed by atoms with Gasteiger partial charge in [-0.1, -0.05) is 0 Å². The summed E-state index contributed by atoms with van der Waals surface area (Å²) in [6.07, 6.45) is 2.65. The first-order valence-corrected chi connectivity index (χ1v) is 10.6. The number of hydrogen-bond acceptors (Lipinski definition) is 6. The Kier molecular flexibility index (Phi) is 7.45. The second-order valence-electron chi connectivity index (χ2n) is 7.93. The van der Waals surface area contributed by atoms with Crippen molar-refractivity contribution < 1.29 is 23.8 Å². The predicted octanol–water partition coefficient (Wildman–Crippen LogP) is 3.69. The molecule has 0 spiro atoms. The number of benzene rings is 1. The van der Waals surface area contributed by atoms with E-state index in [9.17, 15) is 14.0 Å². The number of carbonyl (C=O) groups excluding carboxylic acids is 1. The fourth-order valence-electron chi connectivity index (χ4n) is 3.71. The number of carbonyl (C=O) groups is 2. The second kappa shape index (κ2) is 10.3. The van der Waals surface area contributed by atoms with Gasteiger partial charge >= 0.3 is 6.09 Å². The first-order valence-electron chi connectivity index (χ1n) is 10.6. The lowest BCUT2D eigenvalue weighted by Crippen LogP contribution is -2.36. The maximum Gasteiger partial charge on any atom is 0.407 e. The summed E-state index contributed by atoms with van der Waals surface area (Å²) in [4.78, 5) is 35.4. The molecule has 1 aromatic heterocycles. The highest BCUT2D eigenvalue weighted by molar-refractivity contribution is 5.97. The molecule has 1 aromatic carbocycles. The number of likely N-dealkylation sites (tertiary alicyclic amines) is 1. The number of anilines is 1. The highest BCUT2D eigenvalue weighted by Gasteiger charge is 2.26. The third kappa shape index (κ3) is 5.43. The molecule has 1 aliphatic heterocycles. The van der Waals surface area contributed by atoms with E-state index < -0.39 is 11.9 Å². The molecule has 0 aliphatic carbocycles. The molecule has 2 N–H and O–H groups in total. The topological polar surface area (TPSA) is 108 Å². The first-order chi connectivity index (χ1) is 15.3. The van der Waals surface area contributed by atoms with Crippen molar-refractivity contribution in [2.75, 3.05) is 31.5 Å². The molecule has 2 aromatic rings. The summed E-state index contributed by atoms with van der Waals surface area (Å²) in [5, 5.41) is 12.3. The maximum absolute atomic E-state index is 14.0. The van der Waals surface area contributed by atoms with E-state index in [0.717, 1.165) is 6.42 Å². The van der Waals surface area contributed by atoms with Gasteiger partial charge in [0.2, 0.25) is 0 Å². The summed E-state index contributed by atoms with van der Waals surface area (Å²) >= 11 is 0. The van der Waals surface area contributed by atoms with Crippen LogP contribution in [-0.2, 0) is 0 Å². The second-order valence-corrected chi connectivity index (χ2v) is 7.93. The minimum absolute atomic E-state index is 0.0577. The molecular formula is C22H28FN5O4. The van der Waals surface area contributed by atoms with E-state index in [4.69, 9.17) is 9.84 Å². The summed E-state index contributed by atoms with van der Waals surface area (Å²) in [6.45, 7) is 7.57. The van der Waals surface area contributed by atoms with Crippen molar-refractivity contribution in [2.24, 2.45) is 5.92 Å². The van der Waals surface area contributed by atoms with Gasteiger partial charge < -0.3 is 25.0 Å². The molecule has 2 heterocycles. The molecule has 1 atom stereocenters. The normalized spacial score (nSPS) is 15.7. The SMILES string of the molecule is CCN(C(=O)c1cc(F)ccc1Oc1cncnc1NC[C@H]1CCN(C(=O)O)C1)C(C)C. The largest absolute Gasteiger partial charge is 0.465 e. The van der Waals surface area contributed by atoms with Gasteiger partial charge in [-0.05, 0) is 51.3 Å². The van der Waals surface area contributed by atoms with Crippen molar-refractivity contribution in [1.29, 1.82) is 0 Å². The number of carboxylic acid groups (broad SMARTS) is 1. The van der Waals surface area contributed by atoms with Crippen molar-refractivity contribution in [1.82, 2.24) is 19.8 Å². The highest BCUT2D eigenvalue weighted by Crippen LogP contribution is 2.31. The number of halogens is 1. The van der Waals surface area contributed by atoms with Crippen molar-refractivity contribution in [3.05, 3.63) is 42.1 Å². The highest BCUT2D eigenvalue weighted by atomic mass is 19.1. The lowest BCUT2D eigenvalue weighted by Gasteiger charge is -2.26. The summed E-state index contributed by atoms with van der Waals surface area (Å²) in [6, 6.07) is 3.75. The minimum Gasteiger partial charge on any atom is -0.465 e. The molecule has 1 fully saturated rings. The molecule has 3 rings (SSSR count). The van der Waals surface area contributed by atoms with Crippen LogP contribution in [0.15, 0.2) is 30.7 Å².